The number of hydrogen-bond donors (Lipinski definition) is 2. The third-order valence-corrected chi connectivity index (χ3v) is 5.89. The van der Waals surface area contributed by atoms with Crippen molar-refractivity contribution in [3.05, 3.63) is 67.4 Å². The molecule has 0 atom stereocenters. The predicted octanol–water partition coefficient (Wildman–Crippen LogP) is 4.78. The van der Waals surface area contributed by atoms with Crippen molar-refractivity contribution in [2.45, 2.75) is 13.3 Å². The highest BCUT2D eigenvalue weighted by molar-refractivity contribution is 7.73. The van der Waals surface area contributed by atoms with Gasteiger partial charge in [-0.2, -0.15) is 0 Å². The summed E-state index contributed by atoms with van der Waals surface area (Å²) in [6.07, 6.45) is 0.175. The highest BCUT2D eigenvalue weighted by Gasteiger charge is 2.19. The van der Waals surface area contributed by atoms with Crippen LogP contribution in [0.4, 0.5) is 11.5 Å². The fourth-order valence-electron chi connectivity index (χ4n) is 2.70. The summed E-state index contributed by atoms with van der Waals surface area (Å²) in [6.45, 7) is 1.87. The average Bonchev–Trinajstić information content (AvgIpc) is 2.99. The number of methoxy groups -OCH3 is 1. The van der Waals surface area contributed by atoms with Gasteiger partial charge in [0.25, 0.3) is 5.91 Å². The van der Waals surface area contributed by atoms with Gasteiger partial charge in [-0.25, -0.2) is 0 Å². The summed E-state index contributed by atoms with van der Waals surface area (Å²) in [5.74, 6) is -0.428. The van der Waals surface area contributed by atoms with Crippen LogP contribution >= 0.6 is 35.2 Å². The maximum atomic E-state index is 12.8. The Balaban J connectivity index is 1.88. The first kappa shape index (κ1) is 21.0. The van der Waals surface area contributed by atoms with E-state index in [1.54, 1.807) is 41.0 Å². The van der Waals surface area contributed by atoms with E-state index in [2.05, 4.69) is 10.1 Å². The number of carbonyl (C=O) groups excluding carboxylic acids is 2. The fourth-order valence-corrected chi connectivity index (χ4v) is 4.14. The maximum Gasteiger partial charge on any atom is 0.309 e. The monoisotopic (exact) mass is 447 g/mol. The maximum absolute atomic E-state index is 12.8. The SMILES string of the molecule is COC(=O)Cc1ccc(-n2c(N)c(C(=O)Nc3cc(Cl)ccc3C)sc2=S)cc1. The molecule has 0 spiro atoms. The van der Waals surface area contributed by atoms with E-state index in [-0.39, 0.29) is 24.1 Å². The molecule has 3 rings (SSSR count). The molecular formula is C20H18ClN3O3S2. The molecule has 0 fully saturated rings. The first-order chi connectivity index (χ1) is 13.8. The highest BCUT2D eigenvalue weighted by Crippen LogP contribution is 2.28. The van der Waals surface area contributed by atoms with Gasteiger partial charge in [0.05, 0.1) is 13.5 Å². The van der Waals surface area contributed by atoms with E-state index in [0.717, 1.165) is 22.5 Å². The minimum Gasteiger partial charge on any atom is -0.469 e. The van der Waals surface area contributed by atoms with Crippen molar-refractivity contribution in [1.82, 2.24) is 4.57 Å². The van der Waals surface area contributed by atoms with Crippen molar-refractivity contribution in [3.8, 4) is 5.69 Å². The minimum absolute atomic E-state index is 0.175. The van der Waals surface area contributed by atoms with Crippen LogP contribution in [0.25, 0.3) is 5.69 Å². The largest absolute Gasteiger partial charge is 0.469 e. The van der Waals surface area contributed by atoms with Gasteiger partial charge in [-0.05, 0) is 54.5 Å². The number of esters is 1. The molecule has 0 aliphatic heterocycles. The number of aromatic nitrogens is 1. The molecule has 9 heteroatoms. The number of carbonyl (C=O) groups is 2. The van der Waals surface area contributed by atoms with Crippen LogP contribution in [0.1, 0.15) is 20.8 Å². The number of nitrogens with one attached hydrogen (secondary N) is 1. The van der Waals surface area contributed by atoms with Gasteiger partial charge in [-0.3, -0.25) is 14.2 Å². The van der Waals surface area contributed by atoms with Crippen LogP contribution in [0, 0.1) is 10.9 Å². The van der Waals surface area contributed by atoms with Gasteiger partial charge in [0, 0.05) is 16.4 Å². The lowest BCUT2D eigenvalue weighted by Gasteiger charge is -2.10. The van der Waals surface area contributed by atoms with Crippen LogP contribution in [0.15, 0.2) is 42.5 Å². The second-order valence-electron chi connectivity index (χ2n) is 6.25. The standard InChI is InChI=1S/C20H18ClN3O3S2/c1-11-3-6-13(21)10-15(11)23-19(26)17-18(22)24(20(28)29-17)14-7-4-12(5-8-14)9-16(25)27-2/h3-8,10H,9,22H2,1-2H3,(H,23,26). The summed E-state index contributed by atoms with van der Waals surface area (Å²) in [5.41, 5.74) is 9.24. The first-order valence-corrected chi connectivity index (χ1v) is 10.2. The quantitative estimate of drug-likeness (QED) is 0.434. The third-order valence-electron chi connectivity index (χ3n) is 4.27. The first-order valence-electron chi connectivity index (χ1n) is 8.55. The van der Waals surface area contributed by atoms with Gasteiger partial charge in [-0.1, -0.05) is 41.1 Å². The Morgan fingerprint density at radius 2 is 1.93 bits per heavy atom. The number of halogens is 1. The van der Waals surface area contributed by atoms with Gasteiger partial charge in [0.15, 0.2) is 3.95 Å². The van der Waals surface area contributed by atoms with Crippen LogP contribution in [0.3, 0.4) is 0 Å². The lowest BCUT2D eigenvalue weighted by Crippen LogP contribution is -2.14. The van der Waals surface area contributed by atoms with Gasteiger partial charge in [0.2, 0.25) is 0 Å². The second-order valence-corrected chi connectivity index (χ2v) is 8.33. The van der Waals surface area contributed by atoms with Gasteiger partial charge >= 0.3 is 5.97 Å². The molecule has 0 aliphatic carbocycles. The van der Waals surface area contributed by atoms with Crippen molar-refractivity contribution < 1.29 is 14.3 Å². The van der Waals surface area contributed by atoms with Crippen molar-refractivity contribution in [2.24, 2.45) is 0 Å². The molecule has 0 unspecified atom stereocenters. The molecule has 150 valence electrons. The molecule has 0 radical (unpaired) electrons. The lowest BCUT2D eigenvalue weighted by atomic mass is 10.1. The van der Waals surface area contributed by atoms with E-state index < -0.39 is 0 Å². The zero-order valence-electron chi connectivity index (χ0n) is 15.7. The fraction of sp³-hybridized carbons (Fsp3) is 0.150. The van der Waals surface area contributed by atoms with E-state index in [0.29, 0.717) is 25.2 Å². The molecule has 0 aliphatic rings. The predicted molar refractivity (Wildman–Crippen MR) is 119 cm³/mol. The number of benzene rings is 2. The van der Waals surface area contributed by atoms with Crippen LogP contribution in [0.2, 0.25) is 5.02 Å². The van der Waals surface area contributed by atoms with Crippen LogP contribution in [-0.4, -0.2) is 23.6 Å². The molecule has 1 amide bonds. The molecule has 6 nitrogen and oxygen atoms in total. The Morgan fingerprint density at radius 1 is 1.24 bits per heavy atom. The number of hydrogen-bond acceptors (Lipinski definition) is 6. The number of amides is 1. The molecule has 1 aromatic heterocycles. The topological polar surface area (TPSA) is 86.3 Å². The summed E-state index contributed by atoms with van der Waals surface area (Å²) in [6, 6.07) is 12.4. The number of anilines is 2. The second kappa shape index (κ2) is 8.77. The molecule has 29 heavy (non-hydrogen) atoms. The smallest absolute Gasteiger partial charge is 0.309 e. The Labute approximate surface area is 181 Å². The minimum atomic E-state index is -0.356. The molecule has 3 aromatic rings. The molecule has 0 saturated heterocycles. The average molecular weight is 448 g/mol. The van der Waals surface area contributed by atoms with Gasteiger partial charge in [-0.15, -0.1) is 0 Å². The lowest BCUT2D eigenvalue weighted by molar-refractivity contribution is -0.139. The number of rotatable bonds is 5. The number of thiazole rings is 1. The Kier molecular flexibility index (Phi) is 6.36. The van der Waals surface area contributed by atoms with E-state index in [4.69, 9.17) is 29.6 Å². The van der Waals surface area contributed by atoms with Crippen LogP contribution in [-0.2, 0) is 16.0 Å². The molecule has 0 saturated carbocycles. The van der Waals surface area contributed by atoms with Crippen molar-refractivity contribution >= 4 is 58.5 Å². The van der Waals surface area contributed by atoms with Crippen molar-refractivity contribution in [1.29, 1.82) is 0 Å². The molecule has 0 bridgehead atoms. The number of nitrogen functional groups attached to an aromatic ring is 1. The number of nitrogens with zero attached hydrogens (tertiary/aromatic N) is 1. The van der Waals surface area contributed by atoms with Crippen molar-refractivity contribution in [2.75, 3.05) is 18.2 Å². The van der Waals surface area contributed by atoms with E-state index in [1.807, 2.05) is 13.0 Å². The number of aryl methyl sites for hydroxylation is 1. The summed E-state index contributed by atoms with van der Waals surface area (Å²) in [7, 11) is 1.35. The number of nitrogens with two attached hydrogens (primary N) is 1. The summed E-state index contributed by atoms with van der Waals surface area (Å²) in [4.78, 5) is 24.5. The molecular weight excluding hydrogens is 430 g/mol. The highest BCUT2D eigenvalue weighted by atomic mass is 35.5. The Morgan fingerprint density at radius 3 is 2.59 bits per heavy atom. The normalized spacial score (nSPS) is 10.6. The molecule has 1 heterocycles. The Bertz CT molecular complexity index is 1140. The van der Waals surface area contributed by atoms with Crippen LogP contribution in [0.5, 0.6) is 0 Å². The summed E-state index contributed by atoms with van der Waals surface area (Å²) < 4.78 is 6.74. The zero-order valence-corrected chi connectivity index (χ0v) is 18.1. The third kappa shape index (κ3) is 4.67. The molecule has 3 N–H and O–H groups in total. The summed E-state index contributed by atoms with van der Waals surface area (Å²) >= 11 is 12.6. The molecule has 2 aromatic carbocycles. The number of ether oxygens (including phenoxy) is 1. The van der Waals surface area contributed by atoms with Gasteiger partial charge in [0.1, 0.15) is 10.7 Å². The van der Waals surface area contributed by atoms with Gasteiger partial charge < -0.3 is 15.8 Å². The zero-order chi connectivity index (χ0) is 21.1. The summed E-state index contributed by atoms with van der Waals surface area (Å²) in [5, 5.41) is 3.36. The van der Waals surface area contributed by atoms with Crippen molar-refractivity contribution in [3.63, 3.8) is 0 Å². The van der Waals surface area contributed by atoms with E-state index >= 15 is 0 Å². The van der Waals surface area contributed by atoms with E-state index in [9.17, 15) is 9.59 Å². The van der Waals surface area contributed by atoms with Crippen LogP contribution < -0.4 is 11.1 Å². The van der Waals surface area contributed by atoms with E-state index in [1.165, 1.54) is 7.11 Å². The Hall–Kier alpha value is -2.68.